The van der Waals surface area contributed by atoms with Crippen molar-refractivity contribution in [2.45, 2.75) is 0 Å². The van der Waals surface area contributed by atoms with Crippen LogP contribution in [0.5, 0.6) is 0 Å². The Morgan fingerprint density at radius 1 is 0.500 bits per heavy atom. The second-order valence-corrected chi connectivity index (χ2v) is 12.2. The Morgan fingerprint density at radius 2 is 1.29 bits per heavy atom. The van der Waals surface area contributed by atoms with E-state index >= 15 is 0 Å². The fourth-order valence-corrected chi connectivity index (χ4v) is 8.50. The van der Waals surface area contributed by atoms with Crippen LogP contribution < -0.4 is 0 Å². The first-order valence-electron chi connectivity index (χ1n) is 14.3. The van der Waals surface area contributed by atoms with E-state index in [2.05, 4.69) is 131 Å². The number of rotatable bonds is 2. The molecule has 0 amide bonds. The zero-order chi connectivity index (χ0) is 27.4. The van der Waals surface area contributed by atoms with Crippen molar-refractivity contribution in [1.82, 2.24) is 9.55 Å². The van der Waals surface area contributed by atoms with Gasteiger partial charge in [-0.15, -0.1) is 11.3 Å². The average Bonchev–Trinajstić information content (AvgIpc) is 3.59. The minimum Gasteiger partial charge on any atom is -0.309 e. The molecule has 0 fully saturated rings. The van der Waals surface area contributed by atoms with E-state index < -0.39 is 0 Å². The molecule has 10 rings (SSSR count). The molecule has 42 heavy (non-hydrogen) atoms. The molecule has 3 heterocycles. The van der Waals surface area contributed by atoms with E-state index in [9.17, 15) is 0 Å². The van der Waals surface area contributed by atoms with Gasteiger partial charge in [0.05, 0.1) is 11.0 Å². The highest BCUT2D eigenvalue weighted by atomic mass is 32.1. The molecule has 0 radical (unpaired) electrons. The first kappa shape index (κ1) is 22.4. The smallest absolute Gasteiger partial charge is 0.0572 e. The van der Waals surface area contributed by atoms with Crippen molar-refractivity contribution in [3.05, 3.63) is 134 Å². The Balaban J connectivity index is 1.35. The molecule has 0 aliphatic heterocycles. The van der Waals surface area contributed by atoms with Gasteiger partial charge in [-0.3, -0.25) is 4.98 Å². The molecule has 0 saturated carbocycles. The lowest BCUT2D eigenvalue weighted by molar-refractivity contribution is 1.18. The summed E-state index contributed by atoms with van der Waals surface area (Å²) in [7, 11) is 0. The van der Waals surface area contributed by atoms with E-state index in [4.69, 9.17) is 0 Å². The van der Waals surface area contributed by atoms with Gasteiger partial charge in [0.2, 0.25) is 0 Å². The lowest BCUT2D eigenvalue weighted by Gasteiger charge is -2.16. The minimum atomic E-state index is 1.16. The molecule has 0 unspecified atom stereocenters. The maximum absolute atomic E-state index is 4.57. The van der Waals surface area contributed by atoms with Crippen LogP contribution in [0.3, 0.4) is 0 Å². The van der Waals surface area contributed by atoms with Crippen LogP contribution in [0, 0.1) is 0 Å². The van der Waals surface area contributed by atoms with Crippen molar-refractivity contribution >= 4 is 85.6 Å². The molecule has 0 bridgehead atoms. The molecule has 0 spiro atoms. The number of aromatic nitrogens is 2. The van der Waals surface area contributed by atoms with Gasteiger partial charge in [-0.1, -0.05) is 91.0 Å². The Bertz CT molecular complexity index is 2680. The third-order valence-electron chi connectivity index (χ3n) is 9.02. The largest absolute Gasteiger partial charge is 0.309 e. The summed E-state index contributed by atoms with van der Waals surface area (Å²) >= 11 is 1.90. The highest BCUT2D eigenvalue weighted by molar-refractivity contribution is 7.26. The van der Waals surface area contributed by atoms with E-state index in [0.717, 1.165) is 5.69 Å². The van der Waals surface area contributed by atoms with Gasteiger partial charge >= 0.3 is 0 Å². The van der Waals surface area contributed by atoms with Gasteiger partial charge in [0, 0.05) is 54.6 Å². The van der Waals surface area contributed by atoms with Gasteiger partial charge in [-0.05, 0) is 68.2 Å². The van der Waals surface area contributed by atoms with Crippen LogP contribution >= 0.6 is 11.3 Å². The first-order chi connectivity index (χ1) is 20.8. The molecule has 0 saturated heterocycles. The predicted molar refractivity (Wildman–Crippen MR) is 181 cm³/mol. The number of fused-ring (bicyclic) bond motifs is 7. The predicted octanol–water partition coefficient (Wildman–Crippen LogP) is 11.1. The molecule has 2 nitrogen and oxygen atoms in total. The number of nitrogens with zero attached hydrogens (tertiary/aromatic N) is 2. The van der Waals surface area contributed by atoms with Crippen molar-refractivity contribution in [3.8, 4) is 16.8 Å². The second kappa shape index (κ2) is 8.16. The van der Waals surface area contributed by atoms with E-state index in [1.165, 1.54) is 85.4 Å². The van der Waals surface area contributed by atoms with Gasteiger partial charge in [0.25, 0.3) is 0 Å². The summed E-state index contributed by atoms with van der Waals surface area (Å²) in [6, 6.07) is 44.6. The zero-order valence-electron chi connectivity index (χ0n) is 22.5. The number of hydrogen-bond acceptors (Lipinski definition) is 2. The topological polar surface area (TPSA) is 17.8 Å². The summed E-state index contributed by atoms with van der Waals surface area (Å²) in [4.78, 5) is 4.57. The third-order valence-corrected chi connectivity index (χ3v) is 10.2. The number of para-hydroxylation sites is 1. The van der Waals surface area contributed by atoms with Crippen molar-refractivity contribution in [3.63, 3.8) is 0 Å². The summed E-state index contributed by atoms with van der Waals surface area (Å²) < 4.78 is 5.07. The summed E-state index contributed by atoms with van der Waals surface area (Å²) in [5.74, 6) is 0. The van der Waals surface area contributed by atoms with Crippen LogP contribution in [-0.2, 0) is 0 Å². The van der Waals surface area contributed by atoms with Gasteiger partial charge in [0.15, 0.2) is 0 Å². The molecular formula is C39H22N2S. The van der Waals surface area contributed by atoms with Crippen molar-refractivity contribution in [2.75, 3.05) is 0 Å². The first-order valence-corrected chi connectivity index (χ1v) is 15.1. The normalized spacial score (nSPS) is 12.3. The molecule has 3 heteroatoms. The molecular weight excluding hydrogens is 529 g/mol. The minimum absolute atomic E-state index is 1.16. The number of pyridine rings is 1. The monoisotopic (exact) mass is 550 g/mol. The highest BCUT2D eigenvalue weighted by Gasteiger charge is 2.20. The standard InChI is InChI=1S/C39H22N2S/c1-2-7-25(8-3-1)41-33-19-20-40-22-32(33)38-31-18-14-23-13-16-26(28-17-15-24(21-34(38)41)37(31)36(23)28)29-10-6-11-30-27-9-4-5-12-35(27)42-39(29)30/h1-22H. The maximum Gasteiger partial charge on any atom is 0.0572 e. The summed E-state index contributed by atoms with van der Waals surface area (Å²) in [5.41, 5.74) is 6.16. The lowest BCUT2D eigenvalue weighted by Crippen LogP contribution is -1.94. The Kier molecular flexibility index (Phi) is 4.36. The summed E-state index contributed by atoms with van der Waals surface area (Å²) in [6.45, 7) is 0. The number of hydrogen-bond donors (Lipinski definition) is 0. The Morgan fingerprint density at radius 3 is 2.24 bits per heavy atom. The van der Waals surface area contributed by atoms with Crippen molar-refractivity contribution in [1.29, 1.82) is 0 Å². The second-order valence-electron chi connectivity index (χ2n) is 11.2. The van der Waals surface area contributed by atoms with E-state index in [0.29, 0.717) is 0 Å². The fraction of sp³-hybridized carbons (Fsp3) is 0. The van der Waals surface area contributed by atoms with Crippen LogP contribution in [0.15, 0.2) is 134 Å². The molecule has 3 aromatic heterocycles. The van der Waals surface area contributed by atoms with Crippen LogP contribution in [0.2, 0.25) is 0 Å². The lowest BCUT2D eigenvalue weighted by atomic mass is 9.88. The van der Waals surface area contributed by atoms with Gasteiger partial charge in [-0.25, -0.2) is 0 Å². The van der Waals surface area contributed by atoms with Gasteiger partial charge < -0.3 is 4.57 Å². The van der Waals surface area contributed by atoms with E-state index in [1.54, 1.807) is 0 Å². The van der Waals surface area contributed by atoms with Crippen LogP contribution in [-0.4, -0.2) is 9.55 Å². The molecule has 0 aliphatic rings. The highest BCUT2D eigenvalue weighted by Crippen LogP contribution is 2.47. The van der Waals surface area contributed by atoms with E-state index in [-0.39, 0.29) is 0 Å². The van der Waals surface area contributed by atoms with Crippen molar-refractivity contribution < 1.29 is 0 Å². The number of benzene rings is 7. The number of thiophene rings is 1. The Hall–Kier alpha value is -5.25. The molecule has 7 aromatic carbocycles. The molecule has 0 atom stereocenters. The van der Waals surface area contributed by atoms with Crippen LogP contribution in [0.1, 0.15) is 0 Å². The average molecular weight is 551 g/mol. The SMILES string of the molecule is c1ccc(-n2c3ccncc3c3c4ccc5ccc(-c6cccc7c6sc6ccccc67)c6ccc(cc32)c4c56)cc1. The summed E-state index contributed by atoms with van der Waals surface area (Å²) in [5, 5.41) is 12.9. The zero-order valence-corrected chi connectivity index (χ0v) is 23.3. The maximum atomic E-state index is 4.57. The fourth-order valence-electron chi connectivity index (χ4n) is 7.27. The van der Waals surface area contributed by atoms with Gasteiger partial charge in [-0.2, -0.15) is 0 Å². The van der Waals surface area contributed by atoms with E-state index in [1.807, 2.05) is 23.7 Å². The molecule has 194 valence electrons. The molecule has 0 aliphatic carbocycles. The quantitative estimate of drug-likeness (QED) is 0.196. The third kappa shape index (κ3) is 2.85. The van der Waals surface area contributed by atoms with Gasteiger partial charge in [0.1, 0.15) is 0 Å². The Labute approximate surface area is 245 Å². The van der Waals surface area contributed by atoms with Crippen LogP contribution in [0.4, 0.5) is 0 Å². The molecule has 0 N–H and O–H groups in total. The van der Waals surface area contributed by atoms with Crippen molar-refractivity contribution in [2.24, 2.45) is 0 Å². The van der Waals surface area contributed by atoms with Crippen LogP contribution in [0.25, 0.3) is 91.1 Å². The molecule has 10 aromatic rings. The summed E-state index contributed by atoms with van der Waals surface area (Å²) in [6.07, 6.45) is 3.93.